The molecule has 0 radical (unpaired) electrons. The summed E-state index contributed by atoms with van der Waals surface area (Å²) in [5, 5.41) is -0.831. The Hall–Kier alpha value is -1.70. The highest BCUT2D eigenvalue weighted by atomic mass is 32.3. The van der Waals surface area contributed by atoms with E-state index in [1.807, 2.05) is 0 Å². The molecule has 1 aromatic carbocycles. The van der Waals surface area contributed by atoms with Gasteiger partial charge >= 0.3 is 4.38 Å². The molecule has 0 atom stereocenters. The van der Waals surface area contributed by atoms with Gasteiger partial charge in [0.05, 0.1) is 12.4 Å². The summed E-state index contributed by atoms with van der Waals surface area (Å²) in [6, 6.07) is 5.60. The number of nitrogens with zero attached hydrogens (tertiary/aromatic N) is 2. The van der Waals surface area contributed by atoms with Crippen molar-refractivity contribution in [2.24, 2.45) is 0 Å². The summed E-state index contributed by atoms with van der Waals surface area (Å²) >= 11 is 0. The molecule has 9 heteroatoms. The minimum Gasteiger partial charge on any atom is -0.495 e. The molecule has 0 aromatic heterocycles. The molecule has 2 rings (SSSR count). The van der Waals surface area contributed by atoms with Crippen molar-refractivity contribution in [1.82, 2.24) is 0 Å². The van der Waals surface area contributed by atoms with Gasteiger partial charge < -0.3 is 10.3 Å². The highest BCUT2D eigenvalue weighted by molar-refractivity contribution is 8.31. The smallest absolute Gasteiger partial charge is 0.495 e. The first kappa shape index (κ1) is 16.7. The molecule has 0 spiro atoms. The van der Waals surface area contributed by atoms with E-state index in [4.69, 9.17) is 10.3 Å². The monoisotopic (exact) mass is 344 g/mol. The van der Waals surface area contributed by atoms with Crippen molar-refractivity contribution in [3.05, 3.63) is 29.8 Å². The van der Waals surface area contributed by atoms with E-state index in [-0.39, 0.29) is 10.6 Å². The number of hydrogen-bond acceptors (Lipinski definition) is 5. The zero-order chi connectivity index (χ0) is 16.4. The van der Waals surface area contributed by atoms with Crippen LogP contribution in [0, 0.1) is 0 Å². The van der Waals surface area contributed by atoms with Crippen LogP contribution in [0.4, 0.5) is 0 Å². The Morgan fingerprint density at radius 3 is 2.32 bits per heavy atom. The van der Waals surface area contributed by atoms with Crippen molar-refractivity contribution in [1.29, 1.82) is 0 Å². The topological polar surface area (TPSA) is 114 Å². The second kappa shape index (κ2) is 6.20. The van der Waals surface area contributed by atoms with E-state index in [1.54, 1.807) is 6.07 Å². The minimum absolute atomic E-state index is 0.00901. The van der Waals surface area contributed by atoms with Crippen LogP contribution in [0.1, 0.15) is 25.7 Å². The first-order valence-electron chi connectivity index (χ1n) is 6.69. The molecular formula is C13H16N2O5S2. The fourth-order valence-electron chi connectivity index (χ4n) is 2.54. The Kier molecular flexibility index (Phi) is 4.69. The summed E-state index contributed by atoms with van der Waals surface area (Å²) in [7, 11) is -7.45. The molecule has 120 valence electrons. The molecule has 1 fully saturated rings. The largest absolute Gasteiger partial charge is 0.500 e. The molecular weight excluding hydrogens is 328 g/mol. The van der Waals surface area contributed by atoms with Gasteiger partial charge in [-0.3, -0.25) is 0 Å². The van der Waals surface area contributed by atoms with Crippen LogP contribution < -0.4 is 4.74 Å². The highest BCUT2D eigenvalue weighted by Crippen LogP contribution is 2.30. The van der Waals surface area contributed by atoms with Gasteiger partial charge in [-0.15, -0.1) is 4.79 Å². The molecule has 1 aliphatic carbocycles. The van der Waals surface area contributed by atoms with Crippen molar-refractivity contribution in [2.45, 2.75) is 35.8 Å². The summed E-state index contributed by atoms with van der Waals surface area (Å²) in [5.74, 6) is -0.00901. The highest BCUT2D eigenvalue weighted by Gasteiger charge is 2.48. The molecule has 7 nitrogen and oxygen atoms in total. The molecule has 0 unspecified atom stereocenters. The molecule has 0 N–H and O–H groups in total. The van der Waals surface area contributed by atoms with Crippen molar-refractivity contribution in [3.8, 4) is 5.75 Å². The lowest BCUT2D eigenvalue weighted by Crippen LogP contribution is -2.33. The Bertz CT molecular complexity index is 818. The zero-order valence-electron chi connectivity index (χ0n) is 12.0. The molecule has 0 aliphatic heterocycles. The summed E-state index contributed by atoms with van der Waals surface area (Å²) in [4.78, 5) is 2.27. The summed E-state index contributed by atoms with van der Waals surface area (Å²) in [6.45, 7) is 0. The van der Waals surface area contributed by atoms with Crippen molar-refractivity contribution >= 4 is 24.1 Å². The number of sulfone groups is 2. The molecule has 0 saturated heterocycles. The molecule has 0 heterocycles. The van der Waals surface area contributed by atoms with Gasteiger partial charge in [0.25, 0.3) is 19.7 Å². The lowest BCUT2D eigenvalue weighted by Gasteiger charge is -2.09. The van der Waals surface area contributed by atoms with Crippen LogP contribution in [0.5, 0.6) is 5.75 Å². The summed E-state index contributed by atoms with van der Waals surface area (Å²) in [5.41, 5.74) is 9.07. The average Bonchev–Trinajstić information content (AvgIpc) is 3.02. The van der Waals surface area contributed by atoms with Gasteiger partial charge in [-0.25, -0.2) is 16.8 Å². The fraction of sp³-hybridized carbons (Fsp3) is 0.462. The zero-order valence-corrected chi connectivity index (χ0v) is 13.6. The number of hydrogen-bond donors (Lipinski definition) is 0. The SMILES string of the molecule is COc1ccccc1S(=O)(=O)C(=[N+]=[N-])S(=O)(=O)C1CCCC1. The van der Waals surface area contributed by atoms with E-state index in [1.165, 1.54) is 25.3 Å². The average molecular weight is 344 g/mol. The minimum atomic E-state index is -4.50. The van der Waals surface area contributed by atoms with Gasteiger partial charge in [0.1, 0.15) is 10.6 Å². The Morgan fingerprint density at radius 1 is 1.18 bits per heavy atom. The van der Waals surface area contributed by atoms with Gasteiger partial charge in [-0.05, 0) is 25.0 Å². The standard InChI is InChI=1S/C13H16N2O5S2/c1-20-11-8-4-5-9-12(11)22(18,19)13(15-14)21(16,17)10-6-2-3-7-10/h4-5,8-10H,2-3,6-7H2,1H3. The van der Waals surface area contributed by atoms with Crippen LogP contribution in [0.3, 0.4) is 0 Å². The number of methoxy groups -OCH3 is 1. The predicted molar refractivity (Wildman–Crippen MR) is 80.0 cm³/mol. The molecule has 1 aromatic rings. The van der Waals surface area contributed by atoms with Crippen molar-refractivity contribution in [3.63, 3.8) is 0 Å². The van der Waals surface area contributed by atoms with Crippen molar-refractivity contribution < 1.29 is 26.4 Å². The van der Waals surface area contributed by atoms with E-state index < -0.39 is 29.3 Å². The van der Waals surface area contributed by atoms with Gasteiger partial charge in [0.2, 0.25) is 0 Å². The molecule has 0 amide bonds. The number of ether oxygens (including phenoxy) is 1. The third kappa shape index (κ3) is 2.79. The van der Waals surface area contributed by atoms with Crippen LogP contribution in [0.25, 0.3) is 5.53 Å². The lowest BCUT2D eigenvalue weighted by atomic mass is 10.3. The van der Waals surface area contributed by atoms with E-state index in [9.17, 15) is 16.8 Å². The van der Waals surface area contributed by atoms with Gasteiger partial charge in [-0.2, -0.15) is 0 Å². The van der Waals surface area contributed by atoms with Crippen LogP contribution in [0.2, 0.25) is 0 Å². The molecule has 1 aliphatic rings. The third-order valence-corrected chi connectivity index (χ3v) is 8.38. The van der Waals surface area contributed by atoms with E-state index in [2.05, 4.69) is 4.79 Å². The van der Waals surface area contributed by atoms with E-state index in [0.29, 0.717) is 25.7 Å². The quantitative estimate of drug-likeness (QED) is 0.356. The van der Waals surface area contributed by atoms with Crippen LogP contribution >= 0.6 is 0 Å². The normalized spacial score (nSPS) is 16.2. The van der Waals surface area contributed by atoms with Crippen LogP contribution in [-0.2, 0) is 19.7 Å². The van der Waals surface area contributed by atoms with Gasteiger partial charge in [0.15, 0.2) is 0 Å². The second-order valence-electron chi connectivity index (χ2n) is 4.97. The number of rotatable bonds is 3. The maximum absolute atomic E-state index is 12.6. The van der Waals surface area contributed by atoms with Crippen LogP contribution in [0.15, 0.2) is 29.2 Å². The Morgan fingerprint density at radius 2 is 1.77 bits per heavy atom. The maximum atomic E-state index is 12.6. The first-order valence-corrected chi connectivity index (χ1v) is 9.72. The second-order valence-corrected chi connectivity index (χ2v) is 9.21. The van der Waals surface area contributed by atoms with E-state index in [0.717, 1.165) is 0 Å². The molecule has 0 bridgehead atoms. The maximum Gasteiger partial charge on any atom is 0.500 e. The summed E-state index contributed by atoms with van der Waals surface area (Å²) < 4.78 is 53.9. The first-order chi connectivity index (χ1) is 10.4. The molecule has 1 saturated carbocycles. The Balaban J connectivity index is 2.58. The van der Waals surface area contributed by atoms with Crippen LogP contribution in [-0.4, -0.2) is 38.4 Å². The fourth-order valence-corrected chi connectivity index (χ4v) is 6.76. The van der Waals surface area contributed by atoms with Gasteiger partial charge in [-0.1, -0.05) is 25.0 Å². The van der Waals surface area contributed by atoms with Gasteiger partial charge in [0, 0.05) is 0 Å². The van der Waals surface area contributed by atoms with Crippen molar-refractivity contribution in [2.75, 3.05) is 7.11 Å². The summed E-state index contributed by atoms with van der Waals surface area (Å²) in [6.07, 6.45) is 2.14. The Labute approximate surface area is 129 Å². The lowest BCUT2D eigenvalue weighted by molar-refractivity contribution is 0.00372. The van der Waals surface area contributed by atoms with E-state index >= 15 is 0 Å². The molecule has 22 heavy (non-hydrogen) atoms. The predicted octanol–water partition coefficient (Wildman–Crippen LogP) is 1.41. The third-order valence-electron chi connectivity index (χ3n) is 3.65. The number of para-hydroxylation sites is 1. The number of benzene rings is 1.